The molecule has 2 amide bonds. The maximum absolute atomic E-state index is 13.0. The summed E-state index contributed by atoms with van der Waals surface area (Å²) in [4.78, 5) is 34.5. The molecule has 212 valence electrons. The number of hydrogen-bond acceptors (Lipinski definition) is 7. The fourth-order valence-corrected chi connectivity index (χ4v) is 6.88. The smallest absolute Gasteiger partial charge is 0.407 e. The van der Waals surface area contributed by atoms with Crippen molar-refractivity contribution in [3.05, 3.63) is 46.2 Å². The Morgan fingerprint density at radius 1 is 1.21 bits per heavy atom. The molecule has 2 aromatic rings. The third-order valence-electron chi connectivity index (χ3n) is 7.70. The van der Waals surface area contributed by atoms with Crippen molar-refractivity contribution in [1.29, 1.82) is 0 Å². The van der Waals surface area contributed by atoms with Crippen molar-refractivity contribution >= 4 is 39.4 Å². The van der Waals surface area contributed by atoms with Crippen molar-refractivity contribution in [3.8, 4) is 0 Å². The number of likely N-dealkylation sites (tertiary alicyclic amines) is 1. The number of fused-ring (bicyclic) bond motifs is 1. The summed E-state index contributed by atoms with van der Waals surface area (Å²) in [5.41, 5.74) is 1.22. The van der Waals surface area contributed by atoms with Crippen LogP contribution in [0.25, 0.3) is 0 Å². The monoisotopic (exact) mass is 577 g/mol. The van der Waals surface area contributed by atoms with Gasteiger partial charge >= 0.3 is 6.09 Å². The first kappa shape index (κ1) is 29.1. The van der Waals surface area contributed by atoms with Crippen LogP contribution in [0.15, 0.2) is 29.3 Å². The van der Waals surface area contributed by atoms with Gasteiger partial charge in [-0.05, 0) is 82.1 Å². The molecular weight excluding hydrogens is 542 g/mol. The average molecular weight is 578 g/mol. The Bertz CT molecular complexity index is 1380. The Labute approximate surface area is 234 Å². The van der Waals surface area contributed by atoms with Gasteiger partial charge in [0.1, 0.15) is 11.0 Å². The van der Waals surface area contributed by atoms with Crippen molar-refractivity contribution in [3.63, 3.8) is 0 Å². The van der Waals surface area contributed by atoms with E-state index in [2.05, 4.69) is 33.9 Å². The Hall–Kier alpha value is -2.92. The zero-order valence-corrected chi connectivity index (χ0v) is 24.3. The van der Waals surface area contributed by atoms with Gasteiger partial charge in [0.15, 0.2) is 5.03 Å². The van der Waals surface area contributed by atoms with Crippen LogP contribution in [0.5, 0.6) is 0 Å². The largest absolute Gasteiger partial charge is 0.465 e. The van der Waals surface area contributed by atoms with Gasteiger partial charge in [0.25, 0.3) is 15.9 Å². The molecule has 3 heterocycles. The summed E-state index contributed by atoms with van der Waals surface area (Å²) in [5.74, 6) is -0.225. The van der Waals surface area contributed by atoms with Gasteiger partial charge in [-0.2, -0.15) is 8.42 Å². The zero-order chi connectivity index (χ0) is 28.6. The lowest BCUT2D eigenvalue weighted by molar-refractivity contribution is 0.0980. The summed E-state index contributed by atoms with van der Waals surface area (Å²) >= 11 is 6.32. The van der Waals surface area contributed by atoms with Crippen molar-refractivity contribution < 1.29 is 23.1 Å². The number of carbonyl (C=O) groups excluding carboxylic acids is 1. The van der Waals surface area contributed by atoms with E-state index in [0.29, 0.717) is 18.9 Å². The van der Waals surface area contributed by atoms with E-state index in [-0.39, 0.29) is 32.6 Å². The molecule has 10 nitrogen and oxygen atoms in total. The number of amides is 2. The molecule has 1 aliphatic carbocycles. The summed E-state index contributed by atoms with van der Waals surface area (Å²) < 4.78 is 28.0. The molecule has 0 spiro atoms. The lowest BCUT2D eigenvalue weighted by atomic mass is 9.76. The van der Waals surface area contributed by atoms with Crippen molar-refractivity contribution in [1.82, 2.24) is 19.6 Å². The van der Waals surface area contributed by atoms with Gasteiger partial charge in [-0.3, -0.25) is 4.79 Å². The average Bonchev–Trinajstić information content (AvgIpc) is 3.16. The first-order valence-corrected chi connectivity index (χ1v) is 15.0. The van der Waals surface area contributed by atoms with Crippen LogP contribution in [-0.4, -0.2) is 59.0 Å². The second-order valence-corrected chi connectivity index (χ2v) is 13.7. The molecule has 12 heteroatoms. The molecule has 0 unspecified atom stereocenters. The lowest BCUT2D eigenvalue weighted by Crippen LogP contribution is -2.41. The SMILES string of the molecule is CC1(C)CCCc2cc(C(=O)NS(=O)(=O)c3cccc(NCCC[C@@H]4CN(C(=O)O)C(C)(C)C4)n3)c(Cl)nc21. The van der Waals surface area contributed by atoms with Crippen LogP contribution in [0.1, 0.15) is 81.4 Å². The molecule has 1 saturated heterocycles. The van der Waals surface area contributed by atoms with Gasteiger partial charge < -0.3 is 15.3 Å². The molecule has 0 aromatic carbocycles. The molecule has 39 heavy (non-hydrogen) atoms. The van der Waals surface area contributed by atoms with Crippen LogP contribution in [0.2, 0.25) is 5.15 Å². The number of aryl methyl sites for hydroxylation is 1. The van der Waals surface area contributed by atoms with Gasteiger partial charge in [-0.1, -0.05) is 31.5 Å². The number of carbonyl (C=O) groups is 2. The number of nitrogens with zero attached hydrogens (tertiary/aromatic N) is 3. The fraction of sp³-hybridized carbons (Fsp3) is 0.556. The highest BCUT2D eigenvalue weighted by atomic mass is 35.5. The molecule has 0 bridgehead atoms. The normalized spacial score (nSPS) is 19.8. The third kappa shape index (κ3) is 6.46. The third-order valence-corrected chi connectivity index (χ3v) is 9.22. The summed E-state index contributed by atoms with van der Waals surface area (Å²) in [6, 6.07) is 6.16. The first-order chi connectivity index (χ1) is 18.2. The topological polar surface area (TPSA) is 142 Å². The molecule has 4 rings (SSSR count). The minimum absolute atomic E-state index is 0.0162. The number of halogens is 1. The van der Waals surface area contributed by atoms with Crippen LogP contribution < -0.4 is 10.0 Å². The number of nitrogens with one attached hydrogen (secondary N) is 2. The predicted octanol–water partition coefficient (Wildman–Crippen LogP) is 4.83. The minimum atomic E-state index is -4.26. The van der Waals surface area contributed by atoms with E-state index in [1.807, 2.05) is 13.8 Å². The van der Waals surface area contributed by atoms with E-state index in [1.165, 1.54) is 11.0 Å². The summed E-state index contributed by atoms with van der Waals surface area (Å²) in [6.07, 6.45) is 4.16. The van der Waals surface area contributed by atoms with Crippen LogP contribution >= 0.6 is 11.6 Å². The van der Waals surface area contributed by atoms with E-state index in [0.717, 1.165) is 49.8 Å². The number of rotatable bonds is 8. The van der Waals surface area contributed by atoms with Gasteiger partial charge in [0.2, 0.25) is 0 Å². The predicted molar refractivity (Wildman–Crippen MR) is 149 cm³/mol. The molecule has 0 saturated carbocycles. The van der Waals surface area contributed by atoms with E-state index in [1.54, 1.807) is 18.2 Å². The van der Waals surface area contributed by atoms with Crippen molar-refractivity contribution in [2.75, 3.05) is 18.4 Å². The molecule has 2 aliphatic rings. The fourth-order valence-electron chi connectivity index (χ4n) is 5.72. The molecule has 2 aromatic heterocycles. The highest BCUT2D eigenvalue weighted by molar-refractivity contribution is 7.90. The van der Waals surface area contributed by atoms with Gasteiger partial charge in [-0.25, -0.2) is 19.5 Å². The molecule has 1 atom stereocenters. The molecule has 1 aliphatic heterocycles. The van der Waals surface area contributed by atoms with Gasteiger partial charge in [0.05, 0.1) is 11.3 Å². The maximum Gasteiger partial charge on any atom is 0.407 e. The highest BCUT2D eigenvalue weighted by Gasteiger charge is 2.40. The quantitative estimate of drug-likeness (QED) is 0.299. The number of sulfonamides is 1. The maximum atomic E-state index is 13.0. The standard InChI is InChI=1S/C27H36ClN5O5S/c1-26(2)12-6-9-18-14-19(23(28)31-22(18)26)24(34)32-39(37,38)21-11-5-10-20(30-21)29-13-7-8-17-15-27(3,4)33(16-17)25(35)36/h5,10-11,14,17H,6-9,12-13,15-16H2,1-4H3,(H,29,30)(H,32,34)(H,35,36)/t17-/m0/s1. The number of aromatic nitrogens is 2. The summed E-state index contributed by atoms with van der Waals surface area (Å²) in [7, 11) is -4.26. The van der Waals surface area contributed by atoms with E-state index in [9.17, 15) is 23.1 Å². The number of hydrogen-bond donors (Lipinski definition) is 3. The Kier molecular flexibility index (Phi) is 8.14. The Morgan fingerprint density at radius 2 is 1.95 bits per heavy atom. The highest BCUT2D eigenvalue weighted by Crippen LogP contribution is 2.37. The van der Waals surface area contributed by atoms with Crippen LogP contribution in [-0.2, 0) is 21.9 Å². The van der Waals surface area contributed by atoms with E-state index in [4.69, 9.17) is 11.6 Å². The number of carboxylic acid groups (broad SMARTS) is 1. The molecular formula is C27H36ClN5O5S. The molecule has 1 fully saturated rings. The van der Waals surface area contributed by atoms with Crippen LogP contribution in [0.3, 0.4) is 0 Å². The minimum Gasteiger partial charge on any atom is -0.465 e. The van der Waals surface area contributed by atoms with Gasteiger partial charge in [-0.15, -0.1) is 0 Å². The summed E-state index contributed by atoms with van der Waals surface area (Å²) in [6.45, 7) is 9.08. The van der Waals surface area contributed by atoms with Gasteiger partial charge in [0, 0.05) is 24.0 Å². The first-order valence-electron chi connectivity index (χ1n) is 13.2. The van der Waals surface area contributed by atoms with E-state index >= 15 is 0 Å². The number of anilines is 1. The molecule has 3 N–H and O–H groups in total. The Balaban J connectivity index is 1.36. The second kappa shape index (κ2) is 10.9. The Morgan fingerprint density at radius 3 is 2.64 bits per heavy atom. The second-order valence-electron chi connectivity index (χ2n) is 11.7. The summed E-state index contributed by atoms with van der Waals surface area (Å²) in [5, 5.41) is 12.2. The van der Waals surface area contributed by atoms with E-state index < -0.39 is 22.0 Å². The zero-order valence-electron chi connectivity index (χ0n) is 22.8. The van der Waals surface area contributed by atoms with Crippen LogP contribution in [0, 0.1) is 5.92 Å². The molecule has 0 radical (unpaired) electrons. The number of pyridine rings is 2. The van der Waals surface area contributed by atoms with Crippen molar-refractivity contribution in [2.45, 2.75) is 82.2 Å². The van der Waals surface area contributed by atoms with Crippen molar-refractivity contribution in [2.24, 2.45) is 5.92 Å². The van der Waals surface area contributed by atoms with Crippen LogP contribution in [0.4, 0.5) is 10.6 Å². The lowest BCUT2D eigenvalue weighted by Gasteiger charge is -2.31.